The second kappa shape index (κ2) is 5.83. The average Bonchev–Trinajstić information content (AvgIpc) is 2.47. The van der Waals surface area contributed by atoms with E-state index in [-0.39, 0.29) is 5.56 Å². The first-order valence-electron chi connectivity index (χ1n) is 6.03. The van der Waals surface area contributed by atoms with Gasteiger partial charge in [-0.15, -0.1) is 0 Å². The number of nitrogens with one attached hydrogen (secondary N) is 1. The molecule has 0 radical (unpaired) electrons. The molecule has 2 aromatic rings. The molecule has 0 saturated carbocycles. The predicted molar refractivity (Wildman–Crippen MR) is 72.7 cm³/mol. The highest BCUT2D eigenvalue weighted by atomic mass is 16.1. The van der Waals surface area contributed by atoms with E-state index in [9.17, 15) is 4.79 Å². The van der Waals surface area contributed by atoms with Crippen LogP contribution >= 0.6 is 0 Å². The molecule has 0 atom stereocenters. The molecule has 1 aromatic carbocycles. The SMILES string of the molecule is CCn1ccnc(NCc2ccc(C#N)cc2)c1=O. The predicted octanol–water partition coefficient (Wildman–Crippen LogP) is 1.75. The third-order valence-electron chi connectivity index (χ3n) is 2.80. The van der Waals surface area contributed by atoms with E-state index < -0.39 is 0 Å². The van der Waals surface area contributed by atoms with Crippen molar-refractivity contribution in [1.82, 2.24) is 9.55 Å². The lowest BCUT2D eigenvalue weighted by atomic mass is 10.1. The van der Waals surface area contributed by atoms with Crippen LogP contribution in [0.15, 0.2) is 41.5 Å². The van der Waals surface area contributed by atoms with Crippen molar-refractivity contribution in [2.45, 2.75) is 20.0 Å². The standard InChI is InChI=1S/C14H14N4O/c1-2-18-8-7-16-13(14(18)19)17-10-12-5-3-11(9-15)4-6-12/h3-8H,2,10H2,1H3,(H,16,17). The third-order valence-corrected chi connectivity index (χ3v) is 2.80. The summed E-state index contributed by atoms with van der Waals surface area (Å²) in [6.45, 7) is 3.03. The van der Waals surface area contributed by atoms with Gasteiger partial charge in [-0.1, -0.05) is 12.1 Å². The van der Waals surface area contributed by atoms with Crippen LogP contribution in [0.25, 0.3) is 0 Å². The maximum atomic E-state index is 11.9. The van der Waals surface area contributed by atoms with Crippen LogP contribution < -0.4 is 10.9 Å². The van der Waals surface area contributed by atoms with Crippen molar-refractivity contribution in [3.8, 4) is 6.07 Å². The minimum absolute atomic E-state index is 0.126. The Balaban J connectivity index is 2.10. The molecule has 5 nitrogen and oxygen atoms in total. The number of nitrogens with zero attached hydrogens (tertiary/aromatic N) is 3. The fraction of sp³-hybridized carbons (Fsp3) is 0.214. The molecule has 0 bridgehead atoms. The fourth-order valence-corrected chi connectivity index (χ4v) is 1.70. The largest absolute Gasteiger partial charge is 0.361 e. The van der Waals surface area contributed by atoms with Gasteiger partial charge in [0, 0.05) is 25.5 Å². The Kier molecular flexibility index (Phi) is 3.94. The monoisotopic (exact) mass is 254 g/mol. The Labute approximate surface area is 111 Å². The molecule has 0 aliphatic rings. The molecule has 0 unspecified atom stereocenters. The molecule has 0 amide bonds. The topological polar surface area (TPSA) is 70.7 Å². The first kappa shape index (κ1) is 12.8. The second-order valence-corrected chi connectivity index (χ2v) is 4.03. The van der Waals surface area contributed by atoms with E-state index in [0.29, 0.717) is 24.5 Å². The number of hydrogen-bond acceptors (Lipinski definition) is 4. The summed E-state index contributed by atoms with van der Waals surface area (Å²) in [7, 11) is 0. The summed E-state index contributed by atoms with van der Waals surface area (Å²) in [5.41, 5.74) is 1.49. The molecule has 96 valence electrons. The zero-order chi connectivity index (χ0) is 13.7. The van der Waals surface area contributed by atoms with E-state index >= 15 is 0 Å². The van der Waals surface area contributed by atoms with Crippen molar-refractivity contribution >= 4 is 5.82 Å². The zero-order valence-electron chi connectivity index (χ0n) is 10.6. The van der Waals surface area contributed by atoms with Gasteiger partial charge in [0.1, 0.15) is 0 Å². The Bertz CT molecular complexity index is 652. The fourth-order valence-electron chi connectivity index (χ4n) is 1.70. The molecule has 0 aliphatic carbocycles. The highest BCUT2D eigenvalue weighted by molar-refractivity contribution is 5.35. The van der Waals surface area contributed by atoms with E-state index in [0.717, 1.165) is 5.56 Å². The molecule has 2 rings (SSSR count). The summed E-state index contributed by atoms with van der Waals surface area (Å²) in [6.07, 6.45) is 3.27. The normalized spacial score (nSPS) is 9.89. The molecule has 5 heteroatoms. The van der Waals surface area contributed by atoms with Crippen molar-refractivity contribution in [2.75, 3.05) is 5.32 Å². The quantitative estimate of drug-likeness (QED) is 0.902. The third kappa shape index (κ3) is 2.99. The molecule has 0 aliphatic heterocycles. The van der Waals surface area contributed by atoms with Gasteiger partial charge in [0.05, 0.1) is 11.6 Å². The number of rotatable bonds is 4. The van der Waals surface area contributed by atoms with Crippen molar-refractivity contribution in [3.63, 3.8) is 0 Å². The molecule has 19 heavy (non-hydrogen) atoms. The molecule has 0 fully saturated rings. The second-order valence-electron chi connectivity index (χ2n) is 4.03. The summed E-state index contributed by atoms with van der Waals surface area (Å²) in [5, 5.41) is 11.7. The summed E-state index contributed by atoms with van der Waals surface area (Å²) >= 11 is 0. The van der Waals surface area contributed by atoms with Gasteiger partial charge in [-0.3, -0.25) is 4.79 Å². The Morgan fingerprint density at radius 3 is 2.74 bits per heavy atom. The summed E-state index contributed by atoms with van der Waals surface area (Å²) in [4.78, 5) is 16.0. The Morgan fingerprint density at radius 1 is 1.37 bits per heavy atom. The highest BCUT2D eigenvalue weighted by Gasteiger charge is 2.03. The van der Waals surface area contributed by atoms with Crippen LogP contribution in [0.2, 0.25) is 0 Å². The number of anilines is 1. The number of hydrogen-bond donors (Lipinski definition) is 1. The van der Waals surface area contributed by atoms with Crippen LogP contribution in [0.3, 0.4) is 0 Å². The smallest absolute Gasteiger partial charge is 0.293 e. The molecular weight excluding hydrogens is 240 g/mol. The highest BCUT2D eigenvalue weighted by Crippen LogP contribution is 2.05. The van der Waals surface area contributed by atoms with Crippen LogP contribution in [0, 0.1) is 11.3 Å². The maximum absolute atomic E-state index is 11.9. The van der Waals surface area contributed by atoms with Crippen LogP contribution in [0.4, 0.5) is 5.82 Å². The van der Waals surface area contributed by atoms with E-state index in [2.05, 4.69) is 16.4 Å². The van der Waals surface area contributed by atoms with Gasteiger partial charge in [0.25, 0.3) is 5.56 Å². The van der Waals surface area contributed by atoms with E-state index in [1.807, 2.05) is 19.1 Å². The molecule has 1 heterocycles. The van der Waals surface area contributed by atoms with Gasteiger partial charge in [0.15, 0.2) is 5.82 Å². The Morgan fingerprint density at radius 2 is 2.11 bits per heavy atom. The average molecular weight is 254 g/mol. The van der Waals surface area contributed by atoms with Crippen LogP contribution in [-0.2, 0) is 13.1 Å². The van der Waals surface area contributed by atoms with Crippen LogP contribution in [0.5, 0.6) is 0 Å². The van der Waals surface area contributed by atoms with Gasteiger partial charge in [-0.05, 0) is 24.6 Å². The Hall–Kier alpha value is -2.61. The minimum Gasteiger partial charge on any atom is -0.361 e. The minimum atomic E-state index is -0.126. The summed E-state index contributed by atoms with van der Waals surface area (Å²) in [5.74, 6) is 0.341. The van der Waals surface area contributed by atoms with Crippen molar-refractivity contribution in [2.24, 2.45) is 0 Å². The number of nitriles is 1. The summed E-state index contributed by atoms with van der Waals surface area (Å²) < 4.78 is 1.59. The zero-order valence-corrected chi connectivity index (χ0v) is 10.6. The lowest BCUT2D eigenvalue weighted by Gasteiger charge is -2.07. The van der Waals surface area contributed by atoms with Gasteiger partial charge >= 0.3 is 0 Å². The molecule has 0 saturated heterocycles. The van der Waals surface area contributed by atoms with Crippen molar-refractivity contribution in [3.05, 3.63) is 58.1 Å². The first-order chi connectivity index (χ1) is 9.24. The van der Waals surface area contributed by atoms with E-state index in [1.165, 1.54) is 0 Å². The lowest BCUT2D eigenvalue weighted by molar-refractivity contribution is 0.718. The van der Waals surface area contributed by atoms with E-state index in [1.54, 1.807) is 29.1 Å². The molecule has 1 aromatic heterocycles. The first-order valence-corrected chi connectivity index (χ1v) is 6.03. The van der Waals surface area contributed by atoms with Crippen molar-refractivity contribution in [1.29, 1.82) is 5.26 Å². The van der Waals surface area contributed by atoms with Gasteiger partial charge < -0.3 is 9.88 Å². The van der Waals surface area contributed by atoms with Gasteiger partial charge in [-0.25, -0.2) is 4.98 Å². The van der Waals surface area contributed by atoms with E-state index in [4.69, 9.17) is 5.26 Å². The van der Waals surface area contributed by atoms with Gasteiger partial charge in [0.2, 0.25) is 0 Å². The van der Waals surface area contributed by atoms with Crippen LogP contribution in [0.1, 0.15) is 18.1 Å². The molecular formula is C14H14N4O. The van der Waals surface area contributed by atoms with Crippen molar-refractivity contribution < 1.29 is 0 Å². The summed E-state index contributed by atoms with van der Waals surface area (Å²) in [6, 6.07) is 9.27. The molecule has 1 N–H and O–H groups in total. The number of aryl methyl sites for hydroxylation is 1. The maximum Gasteiger partial charge on any atom is 0.293 e. The van der Waals surface area contributed by atoms with Gasteiger partial charge in [-0.2, -0.15) is 5.26 Å². The number of aromatic nitrogens is 2. The van der Waals surface area contributed by atoms with Crippen LogP contribution in [-0.4, -0.2) is 9.55 Å². The lowest BCUT2D eigenvalue weighted by Crippen LogP contribution is -2.23. The molecule has 0 spiro atoms. The number of benzene rings is 1.